The van der Waals surface area contributed by atoms with Crippen LogP contribution < -0.4 is 9.47 Å². The minimum atomic E-state index is -0.447. The van der Waals surface area contributed by atoms with E-state index in [1.54, 1.807) is 0 Å². The number of Topliss-reactive ketones (excluding diaryl/α,β-unsaturated/α-hetero) is 2. The minimum absolute atomic E-state index is 0.0616. The molecule has 1 heterocycles. The van der Waals surface area contributed by atoms with Gasteiger partial charge in [-0.3, -0.25) is 9.59 Å². The van der Waals surface area contributed by atoms with Gasteiger partial charge in [0, 0.05) is 42.7 Å². The average molecular weight is 573 g/mol. The Balaban J connectivity index is 1.41. The summed E-state index contributed by atoms with van der Waals surface area (Å²) in [6.45, 7) is 2.76. The molecule has 0 fully saturated rings. The predicted octanol–water partition coefficient (Wildman–Crippen LogP) is 7.71. The van der Waals surface area contributed by atoms with Crippen molar-refractivity contribution in [2.75, 3.05) is 6.61 Å². The van der Waals surface area contributed by atoms with Gasteiger partial charge < -0.3 is 14.2 Å². The van der Waals surface area contributed by atoms with Crippen LogP contribution in [0.3, 0.4) is 0 Å². The number of carbonyl (C=O) groups is 2. The Morgan fingerprint density at radius 2 is 1.55 bits per heavy atom. The highest BCUT2D eigenvalue weighted by molar-refractivity contribution is 9.10. The van der Waals surface area contributed by atoms with Gasteiger partial charge in [-0.25, -0.2) is 0 Å². The van der Waals surface area contributed by atoms with Crippen LogP contribution in [0, 0.1) is 0 Å². The van der Waals surface area contributed by atoms with Crippen molar-refractivity contribution in [1.29, 1.82) is 0 Å². The third-order valence-corrected chi connectivity index (χ3v) is 8.15. The van der Waals surface area contributed by atoms with Crippen molar-refractivity contribution in [2.45, 2.75) is 58.0 Å². The van der Waals surface area contributed by atoms with Gasteiger partial charge in [-0.05, 0) is 69.7 Å². The van der Waals surface area contributed by atoms with Crippen LogP contribution in [0.5, 0.6) is 11.5 Å². The fraction of sp³-hybridized carbons (Fsp3) is 0.312. The lowest BCUT2D eigenvalue weighted by molar-refractivity contribution is -0.117. The Bertz CT molecular complexity index is 1470. The van der Waals surface area contributed by atoms with E-state index >= 15 is 0 Å². The third kappa shape index (κ3) is 4.45. The SMILES string of the molecule is CCOc1cc(C2C3=C(CCCC3=O)OC3=C2C(=O)CCC3)cc(Br)c1OCc1cccc2ccccc12. The Morgan fingerprint density at radius 1 is 0.868 bits per heavy atom. The summed E-state index contributed by atoms with van der Waals surface area (Å²) in [5, 5.41) is 2.31. The summed E-state index contributed by atoms with van der Waals surface area (Å²) in [6.07, 6.45) is 3.93. The fourth-order valence-electron chi connectivity index (χ4n) is 5.88. The molecule has 3 aromatic carbocycles. The maximum Gasteiger partial charge on any atom is 0.175 e. The summed E-state index contributed by atoms with van der Waals surface area (Å²) in [5.41, 5.74) is 3.18. The van der Waals surface area contributed by atoms with Crippen molar-refractivity contribution in [3.8, 4) is 11.5 Å². The second kappa shape index (κ2) is 10.4. The second-order valence-electron chi connectivity index (χ2n) is 9.95. The Morgan fingerprint density at radius 3 is 2.26 bits per heavy atom. The molecule has 1 aliphatic heterocycles. The average Bonchev–Trinajstić information content (AvgIpc) is 2.92. The molecule has 6 rings (SSSR count). The van der Waals surface area contributed by atoms with Gasteiger partial charge in [0.05, 0.1) is 11.1 Å². The molecule has 3 aliphatic rings. The van der Waals surface area contributed by atoms with E-state index in [-0.39, 0.29) is 11.6 Å². The Hall–Kier alpha value is -3.38. The van der Waals surface area contributed by atoms with Crippen molar-refractivity contribution in [1.82, 2.24) is 0 Å². The van der Waals surface area contributed by atoms with Gasteiger partial charge in [0.2, 0.25) is 0 Å². The highest BCUT2D eigenvalue weighted by Crippen LogP contribution is 2.50. The van der Waals surface area contributed by atoms with Crippen LogP contribution in [-0.2, 0) is 20.9 Å². The van der Waals surface area contributed by atoms with Gasteiger partial charge in [0.15, 0.2) is 23.1 Å². The summed E-state index contributed by atoms with van der Waals surface area (Å²) in [5.74, 6) is 2.31. The zero-order valence-corrected chi connectivity index (χ0v) is 22.9. The van der Waals surface area contributed by atoms with Crippen LogP contribution in [-0.4, -0.2) is 18.2 Å². The van der Waals surface area contributed by atoms with Crippen molar-refractivity contribution < 1.29 is 23.8 Å². The smallest absolute Gasteiger partial charge is 0.175 e. The van der Waals surface area contributed by atoms with Gasteiger partial charge in [0.1, 0.15) is 18.1 Å². The number of rotatable bonds is 6. The van der Waals surface area contributed by atoms with E-state index in [2.05, 4.69) is 40.2 Å². The first-order valence-electron chi connectivity index (χ1n) is 13.3. The lowest BCUT2D eigenvalue weighted by atomic mass is 9.73. The molecule has 0 N–H and O–H groups in total. The first kappa shape index (κ1) is 24.9. The molecule has 0 bridgehead atoms. The summed E-state index contributed by atoms with van der Waals surface area (Å²) in [6, 6.07) is 18.3. The van der Waals surface area contributed by atoms with Crippen LogP contribution in [0.1, 0.15) is 62.5 Å². The molecule has 0 spiro atoms. The third-order valence-electron chi connectivity index (χ3n) is 7.56. The normalized spacial score (nSPS) is 17.8. The lowest BCUT2D eigenvalue weighted by Crippen LogP contribution is -2.30. The van der Waals surface area contributed by atoms with Gasteiger partial charge >= 0.3 is 0 Å². The molecule has 0 saturated carbocycles. The van der Waals surface area contributed by atoms with Crippen molar-refractivity contribution in [2.24, 2.45) is 0 Å². The molecule has 38 heavy (non-hydrogen) atoms. The van der Waals surface area contributed by atoms with Gasteiger partial charge in [-0.15, -0.1) is 0 Å². The molecule has 0 aromatic heterocycles. The molecule has 0 atom stereocenters. The number of hydrogen-bond acceptors (Lipinski definition) is 5. The number of fused-ring (bicyclic) bond motifs is 1. The van der Waals surface area contributed by atoms with E-state index in [9.17, 15) is 9.59 Å². The van der Waals surface area contributed by atoms with Crippen LogP contribution in [0.25, 0.3) is 10.8 Å². The predicted molar refractivity (Wildman–Crippen MR) is 149 cm³/mol. The summed E-state index contributed by atoms with van der Waals surface area (Å²) in [7, 11) is 0. The number of ketones is 2. The Labute approximate surface area is 230 Å². The van der Waals surface area contributed by atoms with Crippen molar-refractivity contribution in [3.05, 3.63) is 92.9 Å². The molecule has 5 nitrogen and oxygen atoms in total. The summed E-state index contributed by atoms with van der Waals surface area (Å²) < 4.78 is 19.3. The first-order valence-corrected chi connectivity index (χ1v) is 14.1. The van der Waals surface area contributed by atoms with E-state index in [1.165, 1.54) is 0 Å². The zero-order valence-electron chi connectivity index (χ0n) is 21.3. The van der Waals surface area contributed by atoms with Crippen molar-refractivity contribution >= 4 is 38.3 Å². The summed E-state index contributed by atoms with van der Waals surface area (Å²) in [4.78, 5) is 26.4. The topological polar surface area (TPSA) is 61.8 Å². The lowest BCUT2D eigenvalue weighted by Gasteiger charge is -2.36. The highest BCUT2D eigenvalue weighted by atomic mass is 79.9. The molecule has 2 aliphatic carbocycles. The zero-order chi connectivity index (χ0) is 26.2. The fourth-order valence-corrected chi connectivity index (χ4v) is 6.45. The molecular weight excluding hydrogens is 544 g/mol. The molecule has 3 aromatic rings. The van der Waals surface area contributed by atoms with E-state index in [4.69, 9.17) is 14.2 Å². The summed E-state index contributed by atoms with van der Waals surface area (Å²) >= 11 is 3.73. The highest BCUT2D eigenvalue weighted by Gasteiger charge is 2.42. The quantitative estimate of drug-likeness (QED) is 0.302. The molecule has 0 radical (unpaired) electrons. The molecule has 6 heteroatoms. The van der Waals surface area contributed by atoms with E-state index < -0.39 is 5.92 Å². The van der Waals surface area contributed by atoms with Gasteiger partial charge in [-0.2, -0.15) is 0 Å². The first-order chi connectivity index (χ1) is 18.5. The maximum absolute atomic E-state index is 13.2. The largest absolute Gasteiger partial charge is 0.490 e. The number of allylic oxidation sites excluding steroid dienone is 4. The number of carbonyl (C=O) groups excluding carboxylic acids is 2. The number of ether oxygens (including phenoxy) is 3. The molecule has 0 amide bonds. The number of halogens is 1. The second-order valence-corrected chi connectivity index (χ2v) is 10.8. The van der Waals surface area contributed by atoms with Crippen LogP contribution in [0.4, 0.5) is 0 Å². The van der Waals surface area contributed by atoms with Gasteiger partial charge in [0.25, 0.3) is 0 Å². The molecule has 194 valence electrons. The Kier molecular flexibility index (Phi) is 6.83. The number of hydrogen-bond donors (Lipinski definition) is 0. The van der Waals surface area contributed by atoms with Gasteiger partial charge in [-0.1, -0.05) is 42.5 Å². The maximum atomic E-state index is 13.2. The molecular formula is C32H29BrO5. The van der Waals surface area contributed by atoms with Crippen LogP contribution in [0.2, 0.25) is 0 Å². The molecule has 0 saturated heterocycles. The minimum Gasteiger partial charge on any atom is -0.490 e. The molecule has 0 unspecified atom stereocenters. The van der Waals surface area contributed by atoms with E-state index in [1.807, 2.05) is 37.3 Å². The monoisotopic (exact) mass is 572 g/mol. The number of benzene rings is 3. The van der Waals surface area contributed by atoms with E-state index in [0.29, 0.717) is 61.5 Å². The standard InChI is InChI=1S/C32H29BrO5/c1-2-36-28-17-21(16-23(33)32(28)37-18-20-10-5-9-19-8-3-4-11-22(19)20)29-30-24(34)12-6-14-26(30)38-27-15-7-13-25(35)31(27)29/h3-5,8-11,16-17,29H,2,6-7,12-15,18H2,1H3. The van der Waals surface area contributed by atoms with E-state index in [0.717, 1.165) is 50.7 Å². The van der Waals surface area contributed by atoms with Crippen molar-refractivity contribution in [3.63, 3.8) is 0 Å². The van der Waals surface area contributed by atoms with Crippen LogP contribution >= 0.6 is 15.9 Å². The van der Waals surface area contributed by atoms with Crippen LogP contribution in [0.15, 0.2) is 81.7 Å².